The van der Waals surface area contributed by atoms with Gasteiger partial charge < -0.3 is 72.6 Å². The van der Waals surface area contributed by atoms with Gasteiger partial charge in [-0.15, -0.1) is 0 Å². The van der Waals surface area contributed by atoms with Crippen LogP contribution in [0.5, 0.6) is 5.75 Å². The summed E-state index contributed by atoms with van der Waals surface area (Å²) in [6.45, 7) is 34.8. The fourth-order valence-electron chi connectivity index (χ4n) is 20.4. The summed E-state index contributed by atoms with van der Waals surface area (Å²) >= 11 is 0. The number of anilines is 6. The third kappa shape index (κ3) is 24.3. The van der Waals surface area contributed by atoms with Crippen molar-refractivity contribution in [1.29, 1.82) is 0 Å². The highest BCUT2D eigenvalue weighted by Gasteiger charge is 2.35. The zero-order valence-corrected chi connectivity index (χ0v) is 85.0. The summed E-state index contributed by atoms with van der Waals surface area (Å²) in [5.41, 5.74) is 18.5. The first-order valence-electron chi connectivity index (χ1n) is 50.8. The smallest absolute Gasteiger partial charge is 0.231 e. The summed E-state index contributed by atoms with van der Waals surface area (Å²) in [5.74, 6) is 11.3. The number of pyridine rings is 1. The number of piperidine rings is 4. The number of fused-ring (bicyclic) bond motifs is 6. The second kappa shape index (κ2) is 47.5. The maximum atomic E-state index is 12.8. The standard InChI is InChI=1S/2C21H24N4O2.C20H23N5O2.C17H22N4O.C16H22N4O2.C16H18N2O/c1-13-7-4-5-9-17(13)24-20(26)16-8-6-10-25(11-16)19-18-14(2)15(3)27-21(18)23-12-22-19;1-14-15(2)27-21-18(14)19(23-13-24-21)25-10-6-9-17(12-25)20(26)22-11-16-7-4-3-5-8-16;1-13-14(2)27-20-17(13)18(23-12-24-20)25-9-5-6-15(11-25)19(26)22-10-16-7-3-4-8-21-16;1-13-5-6-14(22-13)11-20-7-9-21(10-8-20)17-15-3-2-4-16(15)18-12-19-17;1-4-17-15(21)12-6-5-7-20(8-12)14-13-10(2)11(3)22-16(13)19-9-18-14;1-19-13-5-2-4-12(10-13)8-9-16-14-6-3-7-15(14)17-11-18-16/h4-5,7,9,12,16H,6,8,10-11H2,1-3H3,(H,24,26);3-5,7-8,13,17H,6,9-12H2,1-2H3,(H,22,26);3-4,7-8,12,15H,5-6,9-11H2,1-2H3,(H,22,26);5-6,12H,2-4,7-11H2,1H3;9,12H,4-8H2,1-3H3,(H,17,21);2,4-5,10-11H,3,6-9H2,1H3. The van der Waals surface area contributed by atoms with Crippen LogP contribution in [0.3, 0.4) is 0 Å². The van der Waals surface area contributed by atoms with Crippen LogP contribution >= 0.6 is 0 Å². The molecule has 0 spiro atoms. The Labute approximate surface area is 840 Å². The number of rotatable bonds is 21. The third-order valence-electron chi connectivity index (χ3n) is 28.8. The quantitative estimate of drug-likeness (QED) is 0.0519. The first-order chi connectivity index (χ1) is 70.1. The van der Waals surface area contributed by atoms with Crippen LogP contribution in [0.4, 0.5) is 34.8 Å². The molecule has 4 atom stereocenters. The molecule has 12 aromatic heterocycles. The first kappa shape index (κ1) is 101. The Bertz CT molecular complexity index is 6770. The molecule has 33 nitrogen and oxygen atoms in total. The van der Waals surface area contributed by atoms with E-state index in [1.165, 1.54) is 71.4 Å². The maximum absolute atomic E-state index is 12.8. The number of hydrogen-bond donors (Lipinski definition) is 4. The number of nitrogens with zero attached hydrogens (tertiary/aromatic N) is 19. The van der Waals surface area contributed by atoms with E-state index in [-0.39, 0.29) is 47.3 Å². The van der Waals surface area contributed by atoms with Crippen molar-refractivity contribution in [2.75, 3.05) is 122 Å². The summed E-state index contributed by atoms with van der Waals surface area (Å²) in [7, 11) is 1.70. The number of nitrogens with one attached hydrogen (secondary N) is 4. The lowest BCUT2D eigenvalue weighted by molar-refractivity contribution is -0.126. The fourth-order valence-corrected chi connectivity index (χ4v) is 20.4. The number of carbonyl (C=O) groups excluding carboxylic acids is 4. The van der Waals surface area contributed by atoms with Crippen LogP contribution in [0.2, 0.25) is 0 Å². The molecule has 0 bridgehead atoms. The van der Waals surface area contributed by atoms with E-state index in [0.29, 0.717) is 68.7 Å². The van der Waals surface area contributed by atoms with E-state index in [4.69, 9.17) is 26.8 Å². The number of furan rings is 5. The van der Waals surface area contributed by atoms with E-state index in [2.05, 4.69) is 134 Å². The molecule has 0 saturated carbocycles. The molecular weight excluding hydrogens is 1820 g/mol. The summed E-state index contributed by atoms with van der Waals surface area (Å²) in [5, 5.41) is 15.9. The van der Waals surface area contributed by atoms with Gasteiger partial charge in [0.2, 0.25) is 46.5 Å². The molecule has 4 unspecified atom stereocenters. The van der Waals surface area contributed by atoms with Gasteiger partial charge in [-0.25, -0.2) is 59.8 Å². The van der Waals surface area contributed by atoms with E-state index in [1.54, 1.807) is 32.3 Å². The Kier molecular flexibility index (Phi) is 33.3. The van der Waals surface area contributed by atoms with Crippen LogP contribution in [-0.4, -0.2) is 186 Å². The van der Waals surface area contributed by atoms with E-state index in [0.717, 1.165) is 279 Å². The Hall–Kier alpha value is -14.6. The van der Waals surface area contributed by atoms with Gasteiger partial charge in [0.25, 0.3) is 0 Å². The Morgan fingerprint density at radius 3 is 1.31 bits per heavy atom. The molecule has 752 valence electrons. The van der Waals surface area contributed by atoms with Gasteiger partial charge in [0.1, 0.15) is 107 Å². The minimum atomic E-state index is -0.0725. The number of carbonyl (C=O) groups is 4. The summed E-state index contributed by atoms with van der Waals surface area (Å²) in [6.07, 6.45) is 27.7. The van der Waals surface area contributed by atoms with E-state index >= 15 is 0 Å². The molecule has 17 heterocycles. The van der Waals surface area contributed by atoms with Gasteiger partial charge in [-0.2, -0.15) is 0 Å². The van der Waals surface area contributed by atoms with Crippen LogP contribution in [0.1, 0.15) is 179 Å². The second-order valence-corrected chi connectivity index (χ2v) is 38.4. The highest BCUT2D eigenvalue weighted by Crippen LogP contribution is 2.40. The number of methoxy groups -OCH3 is 1. The number of aromatic nitrogens is 13. The van der Waals surface area contributed by atoms with Crippen LogP contribution in [0, 0.1) is 92.9 Å². The molecule has 33 heteroatoms. The highest BCUT2D eigenvalue weighted by molar-refractivity contribution is 5.96. The van der Waals surface area contributed by atoms with Crippen molar-refractivity contribution < 1.29 is 46.0 Å². The predicted octanol–water partition coefficient (Wildman–Crippen LogP) is 17.3. The number of para-hydroxylation sites is 1. The number of piperazine rings is 1. The molecule has 15 aromatic rings. The van der Waals surface area contributed by atoms with Gasteiger partial charge in [0.15, 0.2) is 0 Å². The lowest BCUT2D eigenvalue weighted by Gasteiger charge is -2.35. The fraction of sp³-hybridized carbons (Fsp3) is 0.432. The van der Waals surface area contributed by atoms with Gasteiger partial charge in [-0.3, -0.25) is 29.1 Å². The van der Waals surface area contributed by atoms with E-state index < -0.39 is 0 Å². The summed E-state index contributed by atoms with van der Waals surface area (Å²) in [6, 6.07) is 35.9. The predicted molar refractivity (Wildman–Crippen MR) is 557 cm³/mol. The zero-order valence-electron chi connectivity index (χ0n) is 85.0. The molecule has 7 aliphatic rings. The van der Waals surface area contributed by atoms with Gasteiger partial charge in [0, 0.05) is 148 Å². The summed E-state index contributed by atoms with van der Waals surface area (Å²) in [4.78, 5) is 121. The molecule has 0 radical (unpaired) electrons. The second-order valence-electron chi connectivity index (χ2n) is 38.4. The number of amides is 4. The molecule has 4 amide bonds. The minimum absolute atomic E-state index is 0.0204. The van der Waals surface area contributed by atoms with Crippen molar-refractivity contribution in [3.8, 4) is 5.75 Å². The monoisotopic (exact) mass is 1950 g/mol. The largest absolute Gasteiger partial charge is 0.497 e. The van der Waals surface area contributed by atoms with Crippen molar-refractivity contribution in [2.45, 2.75) is 199 Å². The number of hydrogen-bond acceptors (Lipinski definition) is 29. The van der Waals surface area contributed by atoms with Crippen molar-refractivity contribution in [2.24, 2.45) is 23.7 Å². The van der Waals surface area contributed by atoms with Crippen molar-refractivity contribution >= 4 is 103 Å². The zero-order chi connectivity index (χ0) is 100. The average Bonchev–Trinajstić information content (AvgIpc) is 1.62. The lowest BCUT2D eigenvalue weighted by Crippen LogP contribution is -2.46. The van der Waals surface area contributed by atoms with Crippen molar-refractivity contribution in [3.63, 3.8) is 0 Å². The molecule has 5 saturated heterocycles. The molecule has 22 rings (SSSR count). The molecule has 4 N–H and O–H groups in total. The number of ether oxygens (including phenoxy) is 1. The Morgan fingerprint density at radius 1 is 0.382 bits per heavy atom. The van der Waals surface area contributed by atoms with Crippen molar-refractivity contribution in [1.82, 2.24) is 85.6 Å². The minimum Gasteiger partial charge on any atom is -0.497 e. The highest BCUT2D eigenvalue weighted by atomic mass is 16.5. The molecule has 144 heavy (non-hydrogen) atoms. The molecule has 3 aromatic carbocycles. The average molecular weight is 1950 g/mol. The van der Waals surface area contributed by atoms with E-state index in [9.17, 15) is 19.2 Å². The normalized spacial score (nSPS) is 17.2. The van der Waals surface area contributed by atoms with E-state index in [1.807, 2.05) is 167 Å². The maximum Gasteiger partial charge on any atom is 0.231 e. The Balaban J connectivity index is 0.000000119. The summed E-state index contributed by atoms with van der Waals surface area (Å²) < 4.78 is 33.8. The van der Waals surface area contributed by atoms with Crippen LogP contribution in [0.25, 0.3) is 44.4 Å². The number of benzene rings is 3. The molecule has 5 aliphatic heterocycles. The van der Waals surface area contributed by atoms with Crippen LogP contribution < -0.4 is 50.5 Å². The Morgan fingerprint density at radius 2 is 0.826 bits per heavy atom. The van der Waals surface area contributed by atoms with Crippen LogP contribution in [0.15, 0.2) is 175 Å². The van der Waals surface area contributed by atoms with Crippen molar-refractivity contribution in [3.05, 3.63) is 261 Å². The SMILES string of the molecule is CCNC(=O)C1CCCN(c2ncnc3oc(C)c(C)c23)C1.COc1cccc(CCc2ncnc3c2CCC3)c1.Cc1ccc(CN2CCN(c3ncnc4c3CCC4)CC2)o1.Cc1ccccc1NC(=O)C1CCCN(c2ncnc3oc(C)c(C)c23)C1.Cc1oc2ncnc(N3CCCC(C(=O)NCc4ccccc4)C3)c2c1C.Cc1oc2ncnc(N3CCCC(C(=O)NCc4ccccn4)C3)c2c1C. The van der Waals surface area contributed by atoms with Gasteiger partial charge in [-0.1, -0.05) is 66.7 Å². The molecule has 2 aliphatic carbocycles. The van der Waals surface area contributed by atoms with Gasteiger partial charge in [-0.05, 0) is 244 Å². The topological polar surface area (TPSA) is 378 Å². The van der Waals surface area contributed by atoms with Gasteiger partial charge >= 0.3 is 0 Å². The van der Waals surface area contributed by atoms with Crippen LogP contribution in [-0.2, 0) is 77.3 Å². The molecular formula is C111H133N23O10. The lowest BCUT2D eigenvalue weighted by atomic mass is 9.96. The third-order valence-corrected chi connectivity index (χ3v) is 28.8. The first-order valence-corrected chi connectivity index (χ1v) is 50.8. The van der Waals surface area contributed by atoms with Gasteiger partial charge in [0.05, 0.1) is 71.1 Å². The number of aryl methyl sites for hydroxylation is 14. The molecule has 5 fully saturated rings.